The zero-order valence-electron chi connectivity index (χ0n) is 13.7. The van der Waals surface area contributed by atoms with Crippen molar-refractivity contribution in [3.63, 3.8) is 0 Å². The lowest BCUT2D eigenvalue weighted by Crippen LogP contribution is -2.60. The molecule has 1 fully saturated rings. The summed E-state index contributed by atoms with van der Waals surface area (Å²) in [5.74, 6) is -0.920. The third-order valence-electron chi connectivity index (χ3n) is 4.44. The van der Waals surface area contributed by atoms with Crippen LogP contribution in [0.1, 0.15) is 46.5 Å². The Labute approximate surface area is 127 Å². The molecule has 0 aliphatic carbocycles. The number of hydrogen-bond acceptors (Lipinski definition) is 3. The van der Waals surface area contributed by atoms with E-state index >= 15 is 0 Å². The van der Waals surface area contributed by atoms with Crippen molar-refractivity contribution in [2.45, 2.75) is 58.0 Å². The molecule has 0 saturated carbocycles. The van der Waals surface area contributed by atoms with Gasteiger partial charge in [0.15, 0.2) is 0 Å². The number of carbonyl (C=O) groups excluding carboxylic acids is 1. The van der Waals surface area contributed by atoms with E-state index in [0.717, 1.165) is 25.8 Å². The topological polar surface area (TPSA) is 72.9 Å². The fraction of sp³-hybridized carbons (Fsp3) is 0.867. The standard InChI is InChI=1S/C15H29N3O3/c1-12(2)17(4)10-7-9-16-14(21)18-11-6-5-8-15(18,3)13(19)20/h12H,5-11H2,1-4H3,(H,16,21)(H,19,20). The lowest BCUT2D eigenvalue weighted by molar-refractivity contribution is -0.150. The van der Waals surface area contributed by atoms with Gasteiger partial charge in [-0.3, -0.25) is 0 Å². The molecule has 0 aromatic heterocycles. The van der Waals surface area contributed by atoms with Crippen LogP contribution in [0.3, 0.4) is 0 Å². The van der Waals surface area contributed by atoms with E-state index in [4.69, 9.17) is 0 Å². The highest BCUT2D eigenvalue weighted by Gasteiger charge is 2.43. The average Bonchev–Trinajstić information content (AvgIpc) is 2.43. The van der Waals surface area contributed by atoms with Gasteiger partial charge in [0.2, 0.25) is 0 Å². The molecule has 2 N–H and O–H groups in total. The van der Waals surface area contributed by atoms with E-state index in [0.29, 0.717) is 25.6 Å². The van der Waals surface area contributed by atoms with E-state index in [1.165, 1.54) is 4.90 Å². The summed E-state index contributed by atoms with van der Waals surface area (Å²) in [5.41, 5.74) is -1.07. The molecule has 0 aromatic carbocycles. The molecular formula is C15H29N3O3. The van der Waals surface area contributed by atoms with Crippen molar-refractivity contribution in [3.05, 3.63) is 0 Å². The molecule has 1 saturated heterocycles. The average molecular weight is 299 g/mol. The summed E-state index contributed by atoms with van der Waals surface area (Å²) in [6, 6.07) is 0.227. The van der Waals surface area contributed by atoms with E-state index in [9.17, 15) is 14.7 Å². The van der Waals surface area contributed by atoms with Gasteiger partial charge < -0.3 is 20.2 Å². The molecular weight excluding hydrogens is 270 g/mol. The lowest BCUT2D eigenvalue weighted by atomic mass is 9.89. The molecule has 0 bridgehead atoms. The smallest absolute Gasteiger partial charge is 0.329 e. The maximum atomic E-state index is 12.2. The van der Waals surface area contributed by atoms with Gasteiger partial charge in [0, 0.05) is 19.1 Å². The number of amides is 2. The third-order valence-corrected chi connectivity index (χ3v) is 4.44. The van der Waals surface area contributed by atoms with Gasteiger partial charge in [-0.25, -0.2) is 9.59 Å². The number of piperidine rings is 1. The molecule has 1 heterocycles. The summed E-state index contributed by atoms with van der Waals surface area (Å²) in [5, 5.41) is 12.2. The van der Waals surface area contributed by atoms with Crippen LogP contribution in [0.2, 0.25) is 0 Å². The molecule has 1 aliphatic rings. The van der Waals surface area contributed by atoms with E-state index < -0.39 is 11.5 Å². The van der Waals surface area contributed by atoms with Crippen LogP contribution in [0, 0.1) is 0 Å². The number of rotatable bonds is 6. The first-order valence-corrected chi connectivity index (χ1v) is 7.78. The Morgan fingerprint density at radius 3 is 2.62 bits per heavy atom. The molecule has 0 aromatic rings. The van der Waals surface area contributed by atoms with Gasteiger partial charge in [0.25, 0.3) is 0 Å². The highest BCUT2D eigenvalue weighted by Crippen LogP contribution is 2.28. The quantitative estimate of drug-likeness (QED) is 0.733. The minimum atomic E-state index is -1.07. The summed E-state index contributed by atoms with van der Waals surface area (Å²) in [7, 11) is 2.05. The van der Waals surface area contributed by atoms with Crippen molar-refractivity contribution in [3.8, 4) is 0 Å². The molecule has 1 atom stereocenters. The number of nitrogens with zero attached hydrogens (tertiary/aromatic N) is 2. The molecule has 0 spiro atoms. The van der Waals surface area contributed by atoms with Crippen LogP contribution in [0.5, 0.6) is 0 Å². The molecule has 1 rings (SSSR count). The molecule has 6 nitrogen and oxygen atoms in total. The Kier molecular flexibility index (Phi) is 6.45. The van der Waals surface area contributed by atoms with Crippen LogP contribution in [0.4, 0.5) is 4.79 Å². The molecule has 1 aliphatic heterocycles. The number of urea groups is 1. The largest absolute Gasteiger partial charge is 0.480 e. The van der Waals surface area contributed by atoms with Crippen molar-refractivity contribution in [2.24, 2.45) is 0 Å². The number of likely N-dealkylation sites (tertiary alicyclic amines) is 1. The van der Waals surface area contributed by atoms with Gasteiger partial charge in [-0.1, -0.05) is 0 Å². The first-order chi connectivity index (χ1) is 9.79. The monoisotopic (exact) mass is 299 g/mol. The summed E-state index contributed by atoms with van der Waals surface area (Å²) >= 11 is 0. The van der Waals surface area contributed by atoms with Crippen LogP contribution < -0.4 is 5.32 Å². The fourth-order valence-electron chi connectivity index (χ4n) is 2.55. The van der Waals surface area contributed by atoms with E-state index in [1.807, 2.05) is 0 Å². The van der Waals surface area contributed by atoms with Crippen molar-refractivity contribution in [1.82, 2.24) is 15.1 Å². The number of hydrogen-bond donors (Lipinski definition) is 2. The van der Waals surface area contributed by atoms with E-state index in [2.05, 4.69) is 31.1 Å². The van der Waals surface area contributed by atoms with Crippen LogP contribution >= 0.6 is 0 Å². The predicted octanol–water partition coefficient (Wildman–Crippen LogP) is 1.76. The minimum Gasteiger partial charge on any atom is -0.480 e. The fourth-order valence-corrected chi connectivity index (χ4v) is 2.55. The summed E-state index contributed by atoms with van der Waals surface area (Å²) < 4.78 is 0. The molecule has 1 unspecified atom stereocenters. The summed E-state index contributed by atoms with van der Waals surface area (Å²) in [6.07, 6.45) is 3.10. The highest BCUT2D eigenvalue weighted by molar-refractivity contribution is 5.86. The number of nitrogens with one attached hydrogen (secondary N) is 1. The van der Waals surface area contributed by atoms with Crippen LogP contribution in [-0.2, 0) is 4.79 Å². The molecule has 2 amide bonds. The second-order valence-electron chi connectivity index (χ2n) is 6.35. The van der Waals surface area contributed by atoms with Crippen LogP contribution in [0.15, 0.2) is 0 Å². The second kappa shape index (κ2) is 7.64. The Morgan fingerprint density at radius 1 is 1.38 bits per heavy atom. The first-order valence-electron chi connectivity index (χ1n) is 7.78. The van der Waals surface area contributed by atoms with Crippen molar-refractivity contribution >= 4 is 12.0 Å². The van der Waals surface area contributed by atoms with Crippen molar-refractivity contribution in [2.75, 3.05) is 26.7 Å². The van der Waals surface area contributed by atoms with Crippen LogP contribution in [-0.4, -0.2) is 65.2 Å². The number of aliphatic carboxylic acids is 1. The first kappa shape index (κ1) is 17.8. The van der Waals surface area contributed by atoms with Crippen molar-refractivity contribution < 1.29 is 14.7 Å². The molecule has 0 radical (unpaired) electrons. The predicted molar refractivity (Wildman–Crippen MR) is 82.4 cm³/mol. The minimum absolute atomic E-state index is 0.258. The zero-order valence-corrected chi connectivity index (χ0v) is 13.7. The second-order valence-corrected chi connectivity index (χ2v) is 6.35. The SMILES string of the molecule is CC(C)N(C)CCCNC(=O)N1CCCCC1(C)C(=O)O. The van der Waals surface area contributed by atoms with Crippen LogP contribution in [0.25, 0.3) is 0 Å². The Morgan fingerprint density at radius 2 is 2.05 bits per heavy atom. The van der Waals surface area contributed by atoms with Gasteiger partial charge in [0.05, 0.1) is 0 Å². The Balaban J connectivity index is 2.45. The molecule has 21 heavy (non-hydrogen) atoms. The van der Waals surface area contributed by atoms with Gasteiger partial charge in [-0.05, 0) is 60.0 Å². The zero-order chi connectivity index (χ0) is 16.0. The highest BCUT2D eigenvalue weighted by atomic mass is 16.4. The van der Waals surface area contributed by atoms with Crippen molar-refractivity contribution in [1.29, 1.82) is 0 Å². The van der Waals surface area contributed by atoms with E-state index in [-0.39, 0.29) is 6.03 Å². The summed E-state index contributed by atoms with van der Waals surface area (Å²) in [6.45, 7) is 7.90. The lowest BCUT2D eigenvalue weighted by Gasteiger charge is -2.41. The maximum Gasteiger partial charge on any atom is 0.329 e. The third kappa shape index (κ3) is 4.59. The Bertz CT molecular complexity index is 373. The van der Waals surface area contributed by atoms with Gasteiger partial charge in [-0.2, -0.15) is 0 Å². The Hall–Kier alpha value is -1.30. The van der Waals surface area contributed by atoms with Gasteiger partial charge >= 0.3 is 12.0 Å². The van der Waals surface area contributed by atoms with Gasteiger partial charge in [0.1, 0.15) is 5.54 Å². The maximum absolute atomic E-state index is 12.2. The summed E-state index contributed by atoms with van der Waals surface area (Å²) in [4.78, 5) is 27.4. The molecule has 122 valence electrons. The number of carboxylic acid groups (broad SMARTS) is 1. The number of carbonyl (C=O) groups is 2. The normalized spacial score (nSPS) is 22.7. The number of carboxylic acids is 1. The molecule has 6 heteroatoms. The van der Waals surface area contributed by atoms with Gasteiger partial charge in [-0.15, -0.1) is 0 Å². The van der Waals surface area contributed by atoms with E-state index in [1.54, 1.807) is 6.92 Å².